The molecule has 2 fully saturated rings. The highest BCUT2D eigenvalue weighted by Crippen LogP contribution is 2.66. The standard InChI is InChI=1S/C27H34O6/c1-24(2)22(28)10-11-25(3)21-14-18-20(33-26(21,4)12-13-27(24,25)30)15-19(32-23(18)29)16-6-8-17(31-5)9-7-16/h6-9,15,21-22,28,30H,10-14H2,1-5H3/t21-,22-,25-,26-,27-/m1/s1. The topological polar surface area (TPSA) is 89.1 Å². The van der Waals surface area contributed by atoms with Crippen LogP contribution in [0.2, 0.25) is 0 Å². The molecule has 6 nitrogen and oxygen atoms in total. The fraction of sp³-hybridized carbons (Fsp3) is 0.593. The van der Waals surface area contributed by atoms with Crippen LogP contribution in [0.3, 0.4) is 0 Å². The summed E-state index contributed by atoms with van der Waals surface area (Å²) in [6.45, 7) is 8.14. The number of hydrogen-bond acceptors (Lipinski definition) is 6. The average molecular weight is 455 g/mol. The van der Waals surface area contributed by atoms with Crippen LogP contribution in [0.25, 0.3) is 11.3 Å². The maximum atomic E-state index is 13.1. The van der Waals surface area contributed by atoms with E-state index in [1.165, 1.54) is 0 Å². The van der Waals surface area contributed by atoms with Gasteiger partial charge in [-0.05, 0) is 63.3 Å². The minimum Gasteiger partial charge on any atom is -0.497 e. The minimum atomic E-state index is -1.05. The van der Waals surface area contributed by atoms with Crippen LogP contribution in [0.4, 0.5) is 0 Å². The van der Waals surface area contributed by atoms with Crippen LogP contribution in [0, 0.1) is 16.7 Å². The number of aliphatic hydroxyl groups excluding tert-OH is 1. The van der Waals surface area contributed by atoms with Gasteiger partial charge in [-0.1, -0.05) is 20.8 Å². The Morgan fingerprint density at radius 2 is 1.76 bits per heavy atom. The van der Waals surface area contributed by atoms with E-state index < -0.39 is 33.8 Å². The van der Waals surface area contributed by atoms with Crippen molar-refractivity contribution in [2.45, 2.75) is 77.1 Å². The molecule has 0 amide bonds. The molecule has 2 saturated carbocycles. The van der Waals surface area contributed by atoms with Crippen molar-refractivity contribution in [1.82, 2.24) is 0 Å². The third kappa shape index (κ3) is 2.96. The van der Waals surface area contributed by atoms with Gasteiger partial charge in [-0.2, -0.15) is 0 Å². The van der Waals surface area contributed by atoms with Crippen molar-refractivity contribution in [2.75, 3.05) is 7.11 Å². The van der Waals surface area contributed by atoms with Gasteiger partial charge in [0.1, 0.15) is 22.9 Å². The highest BCUT2D eigenvalue weighted by Gasteiger charge is 2.70. The van der Waals surface area contributed by atoms with E-state index >= 15 is 0 Å². The Labute approximate surface area is 194 Å². The summed E-state index contributed by atoms with van der Waals surface area (Å²) < 4.78 is 17.5. The molecule has 0 spiro atoms. The predicted molar refractivity (Wildman–Crippen MR) is 125 cm³/mol. The molecule has 2 N–H and O–H groups in total. The second kappa shape index (κ2) is 7.09. The summed E-state index contributed by atoms with van der Waals surface area (Å²) >= 11 is 0. The minimum absolute atomic E-state index is 0.0715. The molecule has 178 valence electrons. The van der Waals surface area contributed by atoms with Gasteiger partial charge >= 0.3 is 5.63 Å². The van der Waals surface area contributed by atoms with E-state index in [2.05, 4.69) is 13.8 Å². The largest absolute Gasteiger partial charge is 0.497 e. The van der Waals surface area contributed by atoms with E-state index in [1.807, 2.05) is 44.2 Å². The molecule has 0 saturated heterocycles. The van der Waals surface area contributed by atoms with Crippen molar-refractivity contribution < 1.29 is 24.1 Å². The molecule has 33 heavy (non-hydrogen) atoms. The highest BCUT2D eigenvalue weighted by atomic mass is 16.5. The zero-order valence-corrected chi connectivity index (χ0v) is 20.1. The first kappa shape index (κ1) is 22.5. The van der Waals surface area contributed by atoms with Crippen LogP contribution in [-0.4, -0.2) is 34.6 Å². The van der Waals surface area contributed by atoms with Crippen LogP contribution in [-0.2, 0) is 6.42 Å². The second-order valence-electron chi connectivity index (χ2n) is 11.2. The Hall–Kier alpha value is -2.31. The first-order valence-electron chi connectivity index (χ1n) is 11.9. The van der Waals surface area contributed by atoms with Crippen molar-refractivity contribution in [3.8, 4) is 22.8 Å². The molecule has 2 aliphatic carbocycles. The number of aliphatic hydroxyl groups is 2. The SMILES string of the molecule is COc1ccc(-c2cc3c(c(=O)o2)C[C@H]2[C@@](C)(CC[C@@]4(O)C(C)(C)[C@H](O)CC[C@]24C)O3)cc1. The fourth-order valence-electron chi connectivity index (χ4n) is 7.05. The Balaban J connectivity index is 1.56. The van der Waals surface area contributed by atoms with Gasteiger partial charge in [-0.15, -0.1) is 0 Å². The number of hydrogen-bond donors (Lipinski definition) is 2. The third-order valence-electron chi connectivity index (χ3n) is 9.40. The van der Waals surface area contributed by atoms with E-state index in [1.54, 1.807) is 7.11 Å². The third-order valence-corrected chi connectivity index (χ3v) is 9.40. The van der Waals surface area contributed by atoms with Gasteiger partial charge < -0.3 is 24.1 Å². The molecule has 1 aromatic heterocycles. The quantitative estimate of drug-likeness (QED) is 0.702. The Kier molecular flexibility index (Phi) is 4.83. The number of methoxy groups -OCH3 is 1. The van der Waals surface area contributed by atoms with Crippen LogP contribution in [0.5, 0.6) is 11.5 Å². The Bertz CT molecular complexity index is 1130. The monoisotopic (exact) mass is 454 g/mol. The first-order valence-corrected chi connectivity index (χ1v) is 11.9. The summed E-state index contributed by atoms with van der Waals surface area (Å²) in [5.74, 6) is 1.69. The maximum absolute atomic E-state index is 13.1. The normalized spacial score (nSPS) is 36.7. The van der Waals surface area contributed by atoms with Crippen molar-refractivity contribution in [3.05, 3.63) is 46.3 Å². The molecule has 6 heteroatoms. The van der Waals surface area contributed by atoms with E-state index in [0.29, 0.717) is 49.2 Å². The summed E-state index contributed by atoms with van der Waals surface area (Å²) in [4.78, 5) is 13.1. The molecular formula is C27H34O6. The number of rotatable bonds is 2. The molecular weight excluding hydrogens is 420 g/mol. The summed E-state index contributed by atoms with van der Waals surface area (Å²) in [5.41, 5.74) is -1.80. The summed E-state index contributed by atoms with van der Waals surface area (Å²) in [5, 5.41) is 22.8. The highest BCUT2D eigenvalue weighted by molar-refractivity contribution is 5.61. The molecule has 0 bridgehead atoms. The van der Waals surface area contributed by atoms with Crippen LogP contribution in [0.15, 0.2) is 39.5 Å². The Morgan fingerprint density at radius 3 is 2.42 bits per heavy atom. The molecule has 3 aliphatic rings. The van der Waals surface area contributed by atoms with E-state index in [4.69, 9.17) is 13.9 Å². The second-order valence-corrected chi connectivity index (χ2v) is 11.2. The smallest absolute Gasteiger partial charge is 0.343 e. The lowest BCUT2D eigenvalue weighted by Crippen LogP contribution is -2.73. The van der Waals surface area contributed by atoms with E-state index in [0.717, 1.165) is 11.3 Å². The van der Waals surface area contributed by atoms with Crippen LogP contribution in [0.1, 0.15) is 58.9 Å². The van der Waals surface area contributed by atoms with Gasteiger partial charge in [0.05, 0.1) is 24.4 Å². The van der Waals surface area contributed by atoms with E-state index in [9.17, 15) is 15.0 Å². The average Bonchev–Trinajstić information content (AvgIpc) is 2.78. The molecule has 0 unspecified atom stereocenters. The number of ether oxygens (including phenoxy) is 2. The van der Waals surface area contributed by atoms with Gasteiger partial charge in [0.2, 0.25) is 0 Å². The van der Waals surface area contributed by atoms with Crippen molar-refractivity contribution in [2.24, 2.45) is 16.7 Å². The van der Waals surface area contributed by atoms with Gasteiger partial charge in [0.15, 0.2) is 0 Å². The van der Waals surface area contributed by atoms with Crippen molar-refractivity contribution in [1.29, 1.82) is 0 Å². The van der Waals surface area contributed by atoms with Gasteiger partial charge in [0, 0.05) is 28.4 Å². The molecule has 5 rings (SSSR count). The molecule has 2 heterocycles. The molecule has 5 atom stereocenters. The van der Waals surface area contributed by atoms with Gasteiger partial charge in [-0.25, -0.2) is 4.79 Å². The summed E-state index contributed by atoms with van der Waals surface area (Å²) in [6.07, 6.45) is 2.43. The fourth-order valence-corrected chi connectivity index (χ4v) is 7.05. The van der Waals surface area contributed by atoms with Crippen LogP contribution >= 0.6 is 0 Å². The first-order chi connectivity index (χ1) is 15.4. The molecule has 0 radical (unpaired) electrons. The molecule has 1 aromatic carbocycles. The van der Waals surface area contributed by atoms with E-state index in [-0.39, 0.29) is 5.92 Å². The van der Waals surface area contributed by atoms with Gasteiger partial charge in [0.25, 0.3) is 0 Å². The zero-order chi connectivity index (χ0) is 23.8. The van der Waals surface area contributed by atoms with Crippen LogP contribution < -0.4 is 15.1 Å². The Morgan fingerprint density at radius 1 is 1.06 bits per heavy atom. The van der Waals surface area contributed by atoms with Crippen molar-refractivity contribution >= 4 is 0 Å². The predicted octanol–water partition coefficient (Wildman–Crippen LogP) is 4.34. The summed E-state index contributed by atoms with van der Waals surface area (Å²) in [7, 11) is 1.61. The molecule has 2 aromatic rings. The zero-order valence-electron chi connectivity index (χ0n) is 20.1. The lowest BCUT2D eigenvalue weighted by atomic mass is 9.41. The summed E-state index contributed by atoms with van der Waals surface area (Å²) in [6, 6.07) is 9.18. The van der Waals surface area contributed by atoms with Gasteiger partial charge in [-0.3, -0.25) is 0 Å². The molecule has 1 aliphatic heterocycles. The van der Waals surface area contributed by atoms with Crippen molar-refractivity contribution in [3.63, 3.8) is 0 Å². The maximum Gasteiger partial charge on any atom is 0.343 e. The lowest BCUT2D eigenvalue weighted by Gasteiger charge is -2.68. The lowest BCUT2D eigenvalue weighted by molar-refractivity contribution is -0.286. The number of benzene rings is 1. The number of fused-ring (bicyclic) bond motifs is 4.